The third-order valence-corrected chi connectivity index (χ3v) is 5.74. The number of hydrogen-bond acceptors (Lipinski definition) is 6. The lowest BCUT2D eigenvalue weighted by molar-refractivity contribution is 0.0993. The van der Waals surface area contributed by atoms with Crippen molar-refractivity contribution in [3.63, 3.8) is 0 Å². The second-order valence-corrected chi connectivity index (χ2v) is 7.65. The van der Waals surface area contributed by atoms with Gasteiger partial charge in [0.1, 0.15) is 0 Å². The van der Waals surface area contributed by atoms with Crippen LogP contribution in [-0.4, -0.2) is 52.6 Å². The molecule has 7 heteroatoms. The Bertz CT molecular complexity index is 970. The predicted octanol–water partition coefficient (Wildman–Crippen LogP) is 3.61. The second kappa shape index (κ2) is 8.13. The summed E-state index contributed by atoms with van der Waals surface area (Å²) in [6.07, 6.45) is 5.29. The summed E-state index contributed by atoms with van der Waals surface area (Å²) in [7, 11) is 3.91. The van der Waals surface area contributed by atoms with Crippen molar-refractivity contribution in [1.29, 1.82) is 0 Å². The highest BCUT2D eigenvalue weighted by Gasteiger charge is 2.28. The van der Waals surface area contributed by atoms with Crippen LogP contribution >= 0.6 is 0 Å². The highest BCUT2D eigenvalue weighted by atomic mass is 16.5. The number of likely N-dealkylation sites (tertiary alicyclic amines) is 1. The van der Waals surface area contributed by atoms with Gasteiger partial charge in [-0.15, -0.1) is 0 Å². The van der Waals surface area contributed by atoms with Crippen molar-refractivity contribution in [1.82, 2.24) is 20.0 Å². The Morgan fingerprint density at radius 1 is 1.17 bits per heavy atom. The van der Waals surface area contributed by atoms with Crippen LogP contribution in [0.15, 0.2) is 53.3 Å². The van der Waals surface area contributed by atoms with E-state index in [4.69, 9.17) is 4.52 Å². The van der Waals surface area contributed by atoms with Crippen molar-refractivity contribution in [3.05, 3.63) is 60.2 Å². The van der Waals surface area contributed by atoms with Crippen LogP contribution in [-0.2, 0) is 0 Å². The van der Waals surface area contributed by atoms with Gasteiger partial charge in [-0.2, -0.15) is 4.98 Å². The van der Waals surface area contributed by atoms with E-state index in [1.54, 1.807) is 36.5 Å². The van der Waals surface area contributed by atoms with Gasteiger partial charge < -0.3 is 14.3 Å². The summed E-state index contributed by atoms with van der Waals surface area (Å²) in [6, 6.07) is 11.5. The van der Waals surface area contributed by atoms with Crippen molar-refractivity contribution in [2.75, 3.05) is 25.5 Å². The molecule has 150 valence electrons. The maximum Gasteiger partial charge on any atom is 0.258 e. The first-order valence-electron chi connectivity index (χ1n) is 9.85. The lowest BCUT2D eigenvalue weighted by Gasteiger charge is -2.33. The number of nitrogens with zero attached hydrogens (tertiary/aromatic N) is 5. The van der Waals surface area contributed by atoms with Crippen LogP contribution in [0.1, 0.15) is 41.9 Å². The molecule has 7 nitrogen and oxygen atoms in total. The second-order valence-electron chi connectivity index (χ2n) is 7.65. The van der Waals surface area contributed by atoms with E-state index in [-0.39, 0.29) is 5.91 Å². The van der Waals surface area contributed by atoms with Crippen molar-refractivity contribution in [2.24, 2.45) is 0 Å². The molecular formula is C22H25N5O2. The molecule has 1 fully saturated rings. The highest BCUT2D eigenvalue weighted by molar-refractivity contribution is 6.05. The zero-order valence-electron chi connectivity index (χ0n) is 16.9. The molecule has 4 rings (SSSR count). The average molecular weight is 391 g/mol. The summed E-state index contributed by atoms with van der Waals surface area (Å²) in [5.74, 6) is 1.53. The van der Waals surface area contributed by atoms with Gasteiger partial charge in [-0.1, -0.05) is 5.16 Å². The van der Waals surface area contributed by atoms with Gasteiger partial charge in [0.25, 0.3) is 5.91 Å². The van der Waals surface area contributed by atoms with Crippen LogP contribution in [0.3, 0.4) is 0 Å². The maximum absolute atomic E-state index is 12.6. The Kier molecular flexibility index (Phi) is 5.40. The molecule has 0 unspecified atom stereocenters. The number of piperidine rings is 1. The molecule has 2 atom stereocenters. The van der Waals surface area contributed by atoms with Gasteiger partial charge in [0.05, 0.1) is 0 Å². The largest absolute Gasteiger partial charge is 0.339 e. The first kappa shape index (κ1) is 19.3. The van der Waals surface area contributed by atoms with E-state index < -0.39 is 0 Å². The van der Waals surface area contributed by atoms with E-state index in [2.05, 4.69) is 34.0 Å². The lowest BCUT2D eigenvalue weighted by Crippen LogP contribution is -2.36. The number of carbonyl (C=O) groups is 1. The van der Waals surface area contributed by atoms with Gasteiger partial charge in [-0.05, 0) is 69.8 Å². The maximum atomic E-state index is 12.6. The van der Waals surface area contributed by atoms with Crippen molar-refractivity contribution >= 4 is 11.6 Å². The predicted molar refractivity (Wildman–Crippen MR) is 111 cm³/mol. The number of hydrogen-bond donors (Lipinski definition) is 0. The van der Waals surface area contributed by atoms with Crippen LogP contribution in [0.5, 0.6) is 0 Å². The number of anilines is 1. The standard InChI is InChI=1S/C22H25N5O2/c1-15-14-18(10-13-26(15)2)21-24-20(25-29-21)16-4-6-19(7-5-16)27(3)22(28)17-8-11-23-12-9-17/h4-9,11-12,15,18H,10,13-14H2,1-3H3/t15-,18-/m0/s1. The van der Waals surface area contributed by atoms with Gasteiger partial charge in [-0.3, -0.25) is 9.78 Å². The van der Waals surface area contributed by atoms with Gasteiger partial charge >= 0.3 is 0 Å². The van der Waals surface area contributed by atoms with Crippen LogP contribution in [0.4, 0.5) is 5.69 Å². The van der Waals surface area contributed by atoms with Gasteiger partial charge in [-0.25, -0.2) is 0 Å². The fraction of sp³-hybridized carbons (Fsp3) is 0.364. The summed E-state index contributed by atoms with van der Waals surface area (Å²) in [5.41, 5.74) is 2.26. The normalized spacial score (nSPS) is 19.8. The van der Waals surface area contributed by atoms with Crippen molar-refractivity contribution < 1.29 is 9.32 Å². The molecule has 1 amide bonds. The Hall–Kier alpha value is -3.06. The molecule has 1 aliphatic rings. The van der Waals surface area contributed by atoms with Crippen LogP contribution in [0, 0.1) is 0 Å². The molecule has 1 saturated heterocycles. The third-order valence-electron chi connectivity index (χ3n) is 5.74. The number of carbonyl (C=O) groups excluding carboxylic acids is 1. The third kappa shape index (κ3) is 4.05. The number of benzene rings is 1. The topological polar surface area (TPSA) is 75.4 Å². The van der Waals surface area contributed by atoms with E-state index in [0.717, 1.165) is 30.6 Å². The Morgan fingerprint density at radius 2 is 1.90 bits per heavy atom. The van der Waals surface area contributed by atoms with Crippen molar-refractivity contribution in [2.45, 2.75) is 31.7 Å². The molecular weight excluding hydrogens is 366 g/mol. The molecule has 0 bridgehead atoms. The van der Waals surface area contributed by atoms with Gasteiger partial charge in [0, 0.05) is 48.2 Å². The number of aromatic nitrogens is 3. The molecule has 3 aromatic rings. The van der Waals surface area contributed by atoms with Gasteiger partial charge in [0.15, 0.2) is 0 Å². The van der Waals surface area contributed by atoms with E-state index in [1.807, 2.05) is 24.3 Å². The quantitative estimate of drug-likeness (QED) is 0.676. The molecule has 2 aromatic heterocycles. The number of pyridine rings is 1. The van der Waals surface area contributed by atoms with E-state index in [0.29, 0.717) is 29.2 Å². The lowest BCUT2D eigenvalue weighted by atomic mass is 9.92. The Balaban J connectivity index is 1.47. The molecule has 29 heavy (non-hydrogen) atoms. The minimum Gasteiger partial charge on any atom is -0.339 e. The Morgan fingerprint density at radius 3 is 2.59 bits per heavy atom. The average Bonchev–Trinajstić information content (AvgIpc) is 3.25. The first-order chi connectivity index (χ1) is 14.0. The number of amides is 1. The highest BCUT2D eigenvalue weighted by Crippen LogP contribution is 2.31. The summed E-state index contributed by atoms with van der Waals surface area (Å²) >= 11 is 0. The van der Waals surface area contributed by atoms with E-state index >= 15 is 0 Å². The summed E-state index contributed by atoms with van der Waals surface area (Å²) in [6.45, 7) is 3.27. The van der Waals surface area contributed by atoms with Gasteiger partial charge in [0.2, 0.25) is 11.7 Å². The molecule has 0 radical (unpaired) electrons. The fourth-order valence-corrected chi connectivity index (χ4v) is 3.67. The van der Waals surface area contributed by atoms with E-state index in [9.17, 15) is 4.79 Å². The summed E-state index contributed by atoms with van der Waals surface area (Å²) in [4.78, 5) is 25.1. The summed E-state index contributed by atoms with van der Waals surface area (Å²) < 4.78 is 5.57. The minimum atomic E-state index is -0.0848. The zero-order valence-corrected chi connectivity index (χ0v) is 16.9. The number of rotatable bonds is 4. The molecule has 0 saturated carbocycles. The van der Waals surface area contributed by atoms with Crippen LogP contribution in [0.25, 0.3) is 11.4 Å². The molecule has 0 spiro atoms. The zero-order chi connectivity index (χ0) is 20.4. The van der Waals surface area contributed by atoms with Crippen LogP contribution in [0.2, 0.25) is 0 Å². The molecule has 3 heterocycles. The molecule has 1 aliphatic heterocycles. The van der Waals surface area contributed by atoms with Crippen LogP contribution < -0.4 is 4.90 Å². The molecule has 0 N–H and O–H groups in total. The summed E-state index contributed by atoms with van der Waals surface area (Å²) in [5, 5.41) is 4.18. The smallest absolute Gasteiger partial charge is 0.258 e. The fourth-order valence-electron chi connectivity index (χ4n) is 3.67. The van der Waals surface area contributed by atoms with E-state index in [1.165, 1.54) is 0 Å². The molecule has 0 aliphatic carbocycles. The minimum absolute atomic E-state index is 0.0848. The van der Waals surface area contributed by atoms with Crippen molar-refractivity contribution in [3.8, 4) is 11.4 Å². The first-order valence-corrected chi connectivity index (χ1v) is 9.85. The monoisotopic (exact) mass is 391 g/mol. The Labute approximate surface area is 170 Å². The molecule has 1 aromatic carbocycles. The SMILES string of the molecule is C[C@H]1C[C@@H](c2nc(-c3ccc(N(C)C(=O)c4ccncc4)cc3)no2)CCN1C.